The van der Waals surface area contributed by atoms with E-state index < -0.39 is 5.69 Å². The van der Waals surface area contributed by atoms with Gasteiger partial charge < -0.3 is 0 Å². The summed E-state index contributed by atoms with van der Waals surface area (Å²) in [6.45, 7) is 1.89. The van der Waals surface area contributed by atoms with Gasteiger partial charge in [0.05, 0.1) is 5.69 Å². The van der Waals surface area contributed by atoms with Crippen LogP contribution >= 0.6 is 11.6 Å². The topological polar surface area (TPSA) is 85.8 Å². The number of halogens is 1. The Morgan fingerprint density at radius 3 is 2.25 bits per heavy atom. The summed E-state index contributed by atoms with van der Waals surface area (Å²) in [6.07, 6.45) is 0.568. The summed E-state index contributed by atoms with van der Waals surface area (Å²) in [5.41, 5.74) is 5.31. The molecular formula is C17H16ClN5O. The molecule has 0 saturated carbocycles. The highest BCUT2D eigenvalue weighted by Gasteiger charge is 2.10. The Morgan fingerprint density at radius 2 is 1.79 bits per heavy atom. The Labute approximate surface area is 143 Å². The predicted octanol–water partition coefficient (Wildman–Crippen LogP) is 2.80. The van der Waals surface area contributed by atoms with E-state index >= 15 is 0 Å². The Hall–Kier alpha value is -2.70. The molecule has 2 aromatic rings. The van der Waals surface area contributed by atoms with E-state index in [0.29, 0.717) is 23.0 Å². The largest absolute Gasteiger partial charge is 0.356 e. The first kappa shape index (κ1) is 16.2. The van der Waals surface area contributed by atoms with Gasteiger partial charge in [-0.1, -0.05) is 48.9 Å². The lowest BCUT2D eigenvalue weighted by atomic mass is 9.95. The number of nitrogens with zero attached hydrogens (tertiary/aromatic N) is 3. The SMILES string of the molecule is CCc1nc(NN)nc(=O)n1-c1cccc(Cl)c1.c1cc2ccc1-2. The van der Waals surface area contributed by atoms with Crippen molar-refractivity contribution >= 4 is 17.5 Å². The van der Waals surface area contributed by atoms with Crippen LogP contribution in [0.25, 0.3) is 16.8 Å². The van der Waals surface area contributed by atoms with Gasteiger partial charge in [-0.15, -0.1) is 0 Å². The van der Waals surface area contributed by atoms with Gasteiger partial charge in [0.25, 0.3) is 0 Å². The molecule has 4 rings (SSSR count). The molecule has 0 fully saturated rings. The van der Waals surface area contributed by atoms with Crippen LogP contribution in [0.1, 0.15) is 12.7 Å². The minimum absolute atomic E-state index is 0.107. The van der Waals surface area contributed by atoms with Gasteiger partial charge in [0.15, 0.2) is 0 Å². The molecule has 0 amide bonds. The lowest BCUT2D eigenvalue weighted by Gasteiger charge is -2.11. The number of rotatable bonds is 3. The standard InChI is InChI=1S/C11H12ClN5O.C6H4/c1-2-9-14-10(16-13)15-11(18)17(9)8-5-3-4-7(12)6-8;1-2-6-4-3-5(1)6/h3-6H,2,13H2,1H3,(H,15,16,18);1-4H. The van der Waals surface area contributed by atoms with Crippen LogP contribution in [0.2, 0.25) is 5.02 Å². The van der Waals surface area contributed by atoms with Crippen LogP contribution in [0.15, 0.2) is 53.3 Å². The van der Waals surface area contributed by atoms with Gasteiger partial charge in [0.1, 0.15) is 5.82 Å². The molecule has 0 atom stereocenters. The van der Waals surface area contributed by atoms with Crippen molar-refractivity contribution in [2.75, 3.05) is 5.43 Å². The molecule has 1 heterocycles. The number of anilines is 1. The highest BCUT2D eigenvalue weighted by molar-refractivity contribution is 6.30. The second-order valence-corrected chi connectivity index (χ2v) is 5.57. The zero-order valence-corrected chi connectivity index (χ0v) is 13.8. The lowest BCUT2D eigenvalue weighted by Crippen LogP contribution is -2.28. The average molecular weight is 342 g/mol. The molecule has 1 aromatic heterocycles. The van der Waals surface area contributed by atoms with Crippen LogP contribution in [0.3, 0.4) is 0 Å². The number of nitrogens with two attached hydrogens (primary N) is 1. The van der Waals surface area contributed by atoms with E-state index in [9.17, 15) is 4.79 Å². The first-order valence-electron chi connectivity index (χ1n) is 7.45. The van der Waals surface area contributed by atoms with Crippen molar-refractivity contribution in [3.05, 3.63) is 69.9 Å². The fourth-order valence-corrected chi connectivity index (χ4v) is 2.47. The fourth-order valence-electron chi connectivity index (χ4n) is 2.29. The van der Waals surface area contributed by atoms with Gasteiger partial charge in [-0.3, -0.25) is 5.43 Å². The molecule has 0 saturated heterocycles. The summed E-state index contributed by atoms with van der Waals surface area (Å²) in [6, 6.07) is 15.4. The molecule has 0 radical (unpaired) electrons. The number of benzene rings is 2. The zero-order valence-electron chi connectivity index (χ0n) is 13.0. The van der Waals surface area contributed by atoms with Crippen molar-refractivity contribution < 1.29 is 0 Å². The van der Waals surface area contributed by atoms with E-state index in [1.807, 2.05) is 6.92 Å². The molecule has 1 aromatic carbocycles. The van der Waals surface area contributed by atoms with E-state index in [1.165, 1.54) is 15.7 Å². The number of fused-ring (bicyclic) bond motifs is 1. The number of aryl methyl sites for hydroxylation is 1. The number of nitrogens with one attached hydrogen (secondary N) is 1. The molecule has 0 spiro atoms. The third kappa shape index (κ3) is 3.15. The van der Waals surface area contributed by atoms with Crippen LogP contribution in [-0.4, -0.2) is 14.5 Å². The van der Waals surface area contributed by atoms with Gasteiger partial charge in [-0.25, -0.2) is 15.2 Å². The quantitative estimate of drug-likeness (QED) is 0.442. The second kappa shape index (κ2) is 6.82. The van der Waals surface area contributed by atoms with Crippen molar-refractivity contribution in [2.45, 2.75) is 13.3 Å². The molecule has 0 aliphatic heterocycles. The second-order valence-electron chi connectivity index (χ2n) is 5.14. The number of hydrazine groups is 1. The zero-order chi connectivity index (χ0) is 17.1. The number of hydrogen-bond acceptors (Lipinski definition) is 5. The van der Waals surface area contributed by atoms with Gasteiger partial charge in [0, 0.05) is 11.4 Å². The van der Waals surface area contributed by atoms with E-state index in [0.717, 1.165) is 0 Å². The van der Waals surface area contributed by atoms with E-state index in [-0.39, 0.29) is 5.95 Å². The monoisotopic (exact) mass is 341 g/mol. The van der Waals surface area contributed by atoms with Gasteiger partial charge >= 0.3 is 5.69 Å². The lowest BCUT2D eigenvalue weighted by molar-refractivity contribution is 0.770. The van der Waals surface area contributed by atoms with Crippen LogP contribution in [0, 0.1) is 0 Å². The predicted molar refractivity (Wildman–Crippen MR) is 95.3 cm³/mol. The summed E-state index contributed by atoms with van der Waals surface area (Å²) < 4.78 is 1.41. The highest BCUT2D eigenvalue weighted by atomic mass is 35.5. The fraction of sp³-hybridized carbons (Fsp3) is 0.118. The molecular weight excluding hydrogens is 326 g/mol. The summed E-state index contributed by atoms with van der Waals surface area (Å²) in [5, 5.41) is 0.544. The minimum atomic E-state index is -0.447. The maximum atomic E-state index is 12.0. The average Bonchev–Trinajstić information content (AvgIpc) is 2.57. The van der Waals surface area contributed by atoms with E-state index in [4.69, 9.17) is 17.4 Å². The number of nitrogen functional groups attached to an aromatic ring is 1. The maximum Gasteiger partial charge on any atom is 0.356 e. The first-order chi connectivity index (χ1) is 11.6. The highest BCUT2D eigenvalue weighted by Crippen LogP contribution is 2.29. The van der Waals surface area contributed by atoms with Crippen molar-refractivity contribution in [1.82, 2.24) is 14.5 Å². The van der Waals surface area contributed by atoms with Crippen LogP contribution < -0.4 is 17.0 Å². The van der Waals surface area contributed by atoms with Crippen LogP contribution in [0.5, 0.6) is 0 Å². The Bertz CT molecular complexity index is 900. The third-order valence-electron chi connectivity index (χ3n) is 3.62. The molecule has 7 heteroatoms. The molecule has 3 N–H and O–H groups in total. The van der Waals surface area contributed by atoms with Crippen molar-refractivity contribution in [3.8, 4) is 16.8 Å². The molecule has 0 unspecified atom stereocenters. The Balaban J connectivity index is 0.000000231. The van der Waals surface area contributed by atoms with Gasteiger partial charge in [-0.2, -0.15) is 9.97 Å². The van der Waals surface area contributed by atoms with Crippen molar-refractivity contribution in [3.63, 3.8) is 0 Å². The van der Waals surface area contributed by atoms with Crippen LogP contribution in [0.4, 0.5) is 5.95 Å². The van der Waals surface area contributed by atoms with Crippen LogP contribution in [-0.2, 0) is 6.42 Å². The molecule has 24 heavy (non-hydrogen) atoms. The number of aromatic nitrogens is 3. The Kier molecular flexibility index (Phi) is 4.59. The van der Waals surface area contributed by atoms with Gasteiger partial charge in [-0.05, 0) is 29.3 Å². The smallest absolute Gasteiger partial charge is 0.292 e. The molecule has 0 bridgehead atoms. The molecule has 122 valence electrons. The normalized spacial score (nSPS) is 10.6. The van der Waals surface area contributed by atoms with E-state index in [2.05, 4.69) is 39.7 Å². The summed E-state index contributed by atoms with van der Waals surface area (Å²) >= 11 is 5.91. The summed E-state index contributed by atoms with van der Waals surface area (Å²) in [4.78, 5) is 19.8. The minimum Gasteiger partial charge on any atom is -0.292 e. The van der Waals surface area contributed by atoms with Crippen molar-refractivity contribution in [1.29, 1.82) is 0 Å². The number of hydrogen-bond donors (Lipinski definition) is 2. The van der Waals surface area contributed by atoms with E-state index in [1.54, 1.807) is 24.3 Å². The Morgan fingerprint density at radius 1 is 1.12 bits per heavy atom. The molecule has 6 nitrogen and oxygen atoms in total. The molecule has 2 aliphatic rings. The molecule has 2 aliphatic carbocycles. The summed E-state index contributed by atoms with van der Waals surface area (Å²) in [5.74, 6) is 5.88. The van der Waals surface area contributed by atoms with Crippen molar-refractivity contribution in [2.24, 2.45) is 5.84 Å². The third-order valence-corrected chi connectivity index (χ3v) is 3.85. The maximum absolute atomic E-state index is 12.0. The summed E-state index contributed by atoms with van der Waals surface area (Å²) in [7, 11) is 0. The first-order valence-corrected chi connectivity index (χ1v) is 7.83. The van der Waals surface area contributed by atoms with Gasteiger partial charge in [0.2, 0.25) is 5.95 Å².